The fourth-order valence-corrected chi connectivity index (χ4v) is 8.02. The molecular weight excluding hydrogens is 248 g/mol. The lowest BCUT2D eigenvalue weighted by Crippen LogP contribution is -2.59. The van der Waals surface area contributed by atoms with Crippen molar-refractivity contribution in [3.63, 3.8) is 0 Å². The first-order valence-corrected chi connectivity index (χ1v) is 9.35. The zero-order chi connectivity index (χ0) is 13.1. The Morgan fingerprint density at radius 2 is 1.11 bits per heavy atom. The summed E-state index contributed by atoms with van der Waals surface area (Å²) in [6.45, 7) is 0. The maximum Gasteiger partial charge on any atom is 0.132 e. The standard InChI is InChI=1S/C17H18OSi/c18-15-11-13-19(14-12-15,16-7-3-1-4-8-16)17-9-5-2-6-10-17/h1-10H,11-14H2. The van der Waals surface area contributed by atoms with E-state index in [-0.39, 0.29) is 0 Å². The van der Waals surface area contributed by atoms with Gasteiger partial charge in [-0.15, -0.1) is 0 Å². The average molecular weight is 266 g/mol. The van der Waals surface area contributed by atoms with Gasteiger partial charge in [0, 0.05) is 12.8 Å². The van der Waals surface area contributed by atoms with Crippen LogP contribution in [0.1, 0.15) is 12.8 Å². The smallest absolute Gasteiger partial charge is 0.132 e. The first-order chi connectivity index (χ1) is 9.31. The Hall–Kier alpha value is -1.67. The highest BCUT2D eigenvalue weighted by Crippen LogP contribution is 2.26. The van der Waals surface area contributed by atoms with Gasteiger partial charge in [-0.25, -0.2) is 0 Å². The molecule has 1 fully saturated rings. The van der Waals surface area contributed by atoms with Gasteiger partial charge in [0.05, 0.1) is 0 Å². The third-order valence-corrected chi connectivity index (χ3v) is 9.40. The summed E-state index contributed by atoms with van der Waals surface area (Å²) in [5.74, 6) is 0.440. The number of rotatable bonds is 2. The summed E-state index contributed by atoms with van der Waals surface area (Å²) in [5, 5.41) is 2.96. The van der Waals surface area contributed by atoms with E-state index < -0.39 is 8.07 Å². The lowest BCUT2D eigenvalue weighted by atomic mass is 10.2. The highest BCUT2D eigenvalue weighted by atomic mass is 28.3. The molecule has 0 aliphatic carbocycles. The predicted octanol–water partition coefficient (Wildman–Crippen LogP) is 2.61. The first kappa shape index (κ1) is 12.4. The largest absolute Gasteiger partial charge is 0.300 e. The Bertz CT molecular complexity index is 511. The second-order valence-electron chi connectivity index (χ2n) is 5.35. The van der Waals surface area contributed by atoms with E-state index in [4.69, 9.17) is 0 Å². The minimum atomic E-state index is -1.70. The molecule has 3 rings (SSSR count). The van der Waals surface area contributed by atoms with Crippen LogP contribution in [0.5, 0.6) is 0 Å². The van der Waals surface area contributed by atoms with Crippen molar-refractivity contribution in [1.29, 1.82) is 0 Å². The normalized spacial score (nSPS) is 18.2. The van der Waals surface area contributed by atoms with Crippen LogP contribution < -0.4 is 10.4 Å². The van der Waals surface area contributed by atoms with E-state index >= 15 is 0 Å². The van der Waals surface area contributed by atoms with Gasteiger partial charge in [0.15, 0.2) is 0 Å². The summed E-state index contributed by atoms with van der Waals surface area (Å²) >= 11 is 0. The van der Waals surface area contributed by atoms with Crippen molar-refractivity contribution in [2.75, 3.05) is 0 Å². The van der Waals surface area contributed by atoms with Gasteiger partial charge in [-0.1, -0.05) is 71.0 Å². The van der Waals surface area contributed by atoms with Crippen LogP contribution >= 0.6 is 0 Å². The topological polar surface area (TPSA) is 17.1 Å². The van der Waals surface area contributed by atoms with Crippen molar-refractivity contribution >= 4 is 24.2 Å². The Balaban J connectivity index is 2.09. The van der Waals surface area contributed by atoms with Crippen LogP contribution in [0.25, 0.3) is 0 Å². The van der Waals surface area contributed by atoms with Crippen LogP contribution in [-0.2, 0) is 4.79 Å². The van der Waals surface area contributed by atoms with E-state index in [0.29, 0.717) is 5.78 Å². The maximum absolute atomic E-state index is 11.6. The minimum Gasteiger partial charge on any atom is -0.300 e. The van der Waals surface area contributed by atoms with E-state index in [2.05, 4.69) is 60.7 Å². The molecule has 0 spiro atoms. The molecule has 0 aromatic heterocycles. The maximum atomic E-state index is 11.6. The molecule has 0 unspecified atom stereocenters. The highest BCUT2D eigenvalue weighted by molar-refractivity contribution is 7.02. The molecule has 1 aliphatic rings. The summed E-state index contributed by atoms with van der Waals surface area (Å²) < 4.78 is 0. The van der Waals surface area contributed by atoms with Gasteiger partial charge in [-0.05, 0) is 12.1 Å². The predicted molar refractivity (Wildman–Crippen MR) is 81.8 cm³/mol. The third kappa shape index (κ3) is 2.28. The molecule has 1 aliphatic heterocycles. The quantitative estimate of drug-likeness (QED) is 0.764. The fourth-order valence-electron chi connectivity index (χ4n) is 3.21. The molecule has 0 saturated carbocycles. The van der Waals surface area contributed by atoms with E-state index in [9.17, 15) is 4.79 Å². The lowest BCUT2D eigenvalue weighted by molar-refractivity contribution is -0.118. The summed E-state index contributed by atoms with van der Waals surface area (Å²) in [5.41, 5.74) is 0. The lowest BCUT2D eigenvalue weighted by Gasteiger charge is -2.35. The molecular formula is C17H18OSi. The second kappa shape index (κ2) is 5.14. The molecule has 1 saturated heterocycles. The van der Waals surface area contributed by atoms with Crippen LogP contribution in [0.2, 0.25) is 12.1 Å². The molecule has 2 aromatic carbocycles. The van der Waals surface area contributed by atoms with Crippen LogP contribution in [0, 0.1) is 0 Å². The first-order valence-electron chi connectivity index (χ1n) is 6.94. The number of Topliss-reactive ketones (excluding diaryl/α,β-unsaturated/α-hetero) is 1. The molecule has 96 valence electrons. The summed E-state index contributed by atoms with van der Waals surface area (Å²) in [7, 11) is -1.70. The van der Waals surface area contributed by atoms with Crippen LogP contribution in [0.3, 0.4) is 0 Å². The Labute approximate surface area is 115 Å². The Kier molecular flexibility index (Phi) is 3.34. The van der Waals surface area contributed by atoms with Gasteiger partial charge < -0.3 is 0 Å². The van der Waals surface area contributed by atoms with Gasteiger partial charge in [0.2, 0.25) is 0 Å². The zero-order valence-corrected chi connectivity index (χ0v) is 12.0. The molecule has 2 aromatic rings. The molecule has 1 heterocycles. The molecule has 0 radical (unpaired) electrons. The molecule has 0 N–H and O–H groups in total. The average Bonchev–Trinajstić information content (AvgIpc) is 2.50. The number of ketones is 1. The number of hydrogen-bond acceptors (Lipinski definition) is 1. The number of hydrogen-bond donors (Lipinski definition) is 0. The third-order valence-electron chi connectivity index (χ3n) is 4.31. The van der Waals surface area contributed by atoms with E-state index in [1.54, 1.807) is 0 Å². The van der Waals surface area contributed by atoms with E-state index in [1.165, 1.54) is 10.4 Å². The van der Waals surface area contributed by atoms with E-state index in [1.807, 2.05) is 0 Å². The summed E-state index contributed by atoms with van der Waals surface area (Å²) in [6, 6.07) is 23.8. The molecule has 0 atom stereocenters. The fraction of sp³-hybridized carbons (Fsp3) is 0.235. The van der Waals surface area contributed by atoms with Crippen molar-refractivity contribution in [2.24, 2.45) is 0 Å². The van der Waals surface area contributed by atoms with Gasteiger partial charge >= 0.3 is 0 Å². The van der Waals surface area contributed by atoms with Crippen LogP contribution in [-0.4, -0.2) is 13.9 Å². The van der Waals surface area contributed by atoms with Crippen molar-refractivity contribution < 1.29 is 4.79 Å². The molecule has 2 heteroatoms. The highest BCUT2D eigenvalue weighted by Gasteiger charge is 2.40. The minimum absolute atomic E-state index is 0.440. The van der Waals surface area contributed by atoms with Crippen molar-refractivity contribution in [2.45, 2.75) is 24.9 Å². The molecule has 0 bridgehead atoms. The number of carbonyl (C=O) groups is 1. The number of carbonyl (C=O) groups excluding carboxylic acids is 1. The van der Waals surface area contributed by atoms with Crippen LogP contribution in [0.4, 0.5) is 0 Å². The number of benzene rings is 2. The summed E-state index contributed by atoms with van der Waals surface area (Å²) in [4.78, 5) is 11.6. The van der Waals surface area contributed by atoms with Crippen molar-refractivity contribution in [3.8, 4) is 0 Å². The monoisotopic (exact) mass is 266 g/mol. The molecule has 1 nitrogen and oxygen atoms in total. The molecule has 19 heavy (non-hydrogen) atoms. The zero-order valence-electron chi connectivity index (χ0n) is 11.0. The van der Waals surface area contributed by atoms with Gasteiger partial charge in [0.25, 0.3) is 0 Å². The van der Waals surface area contributed by atoms with E-state index in [0.717, 1.165) is 24.9 Å². The van der Waals surface area contributed by atoms with Gasteiger partial charge in [-0.3, -0.25) is 4.79 Å². The molecule has 0 amide bonds. The second-order valence-corrected chi connectivity index (χ2v) is 9.67. The van der Waals surface area contributed by atoms with Gasteiger partial charge in [-0.2, -0.15) is 0 Å². The summed E-state index contributed by atoms with van der Waals surface area (Å²) in [6.07, 6.45) is 1.52. The Morgan fingerprint density at radius 1 is 0.684 bits per heavy atom. The van der Waals surface area contributed by atoms with Crippen molar-refractivity contribution in [1.82, 2.24) is 0 Å². The van der Waals surface area contributed by atoms with Crippen molar-refractivity contribution in [3.05, 3.63) is 60.7 Å². The van der Waals surface area contributed by atoms with Gasteiger partial charge in [0.1, 0.15) is 13.9 Å². The Morgan fingerprint density at radius 3 is 1.53 bits per heavy atom. The van der Waals surface area contributed by atoms with Crippen LogP contribution in [0.15, 0.2) is 60.7 Å². The SMILES string of the molecule is O=C1CC[Si](c2ccccc2)(c2ccccc2)CC1.